The predicted molar refractivity (Wildman–Crippen MR) is 122 cm³/mol. The number of nitrogens with zero attached hydrogens (tertiary/aromatic N) is 3. The van der Waals surface area contributed by atoms with Gasteiger partial charge in [0.2, 0.25) is 0 Å². The average molecular weight is 458 g/mol. The van der Waals surface area contributed by atoms with Crippen molar-refractivity contribution in [2.24, 2.45) is 5.92 Å². The van der Waals surface area contributed by atoms with E-state index in [1.807, 2.05) is 0 Å². The van der Waals surface area contributed by atoms with E-state index in [1.54, 1.807) is 23.1 Å². The fourth-order valence-corrected chi connectivity index (χ4v) is 5.03. The Morgan fingerprint density at radius 1 is 1.18 bits per heavy atom. The van der Waals surface area contributed by atoms with Crippen molar-refractivity contribution in [2.45, 2.75) is 69.6 Å². The molecule has 2 aromatic rings. The fourth-order valence-electron chi connectivity index (χ4n) is 5.03. The number of carbonyl (C=O) groups excluding carboxylic acids is 1. The first-order chi connectivity index (χ1) is 15.8. The monoisotopic (exact) mass is 457 g/mol. The quantitative estimate of drug-likeness (QED) is 0.696. The Hall–Kier alpha value is -2.58. The lowest BCUT2D eigenvalue weighted by atomic mass is 9.85. The van der Waals surface area contributed by atoms with Gasteiger partial charge in [0.25, 0.3) is 11.5 Å². The van der Waals surface area contributed by atoms with Crippen LogP contribution >= 0.6 is 0 Å². The maximum Gasteiger partial charge on any atom is 0.253 e. The minimum absolute atomic E-state index is 0.0447. The van der Waals surface area contributed by atoms with Gasteiger partial charge in [0.15, 0.2) is 0 Å². The van der Waals surface area contributed by atoms with Crippen LogP contribution in [0.5, 0.6) is 0 Å². The molecule has 7 nitrogen and oxygen atoms in total. The zero-order valence-corrected chi connectivity index (χ0v) is 18.8. The van der Waals surface area contributed by atoms with Gasteiger partial charge < -0.3 is 15.1 Å². The molecule has 2 heterocycles. The number of likely N-dealkylation sites (tertiary alicyclic amines) is 1. The van der Waals surface area contributed by atoms with Gasteiger partial charge in [-0.05, 0) is 37.3 Å². The summed E-state index contributed by atoms with van der Waals surface area (Å²) in [5.41, 5.74) is -1.04. The molecule has 1 saturated carbocycles. The third-order valence-electron chi connectivity index (χ3n) is 7.07. The van der Waals surface area contributed by atoms with Gasteiger partial charge in [-0.25, -0.2) is 9.37 Å². The first-order valence-corrected chi connectivity index (χ1v) is 11.9. The number of rotatable bonds is 6. The molecule has 1 amide bonds. The number of aliphatic hydroxyl groups is 2. The highest BCUT2D eigenvalue weighted by atomic mass is 19.1. The predicted octanol–water partition coefficient (Wildman–Crippen LogP) is 2.73. The molecule has 0 radical (unpaired) electrons. The van der Waals surface area contributed by atoms with E-state index in [2.05, 4.69) is 4.98 Å². The van der Waals surface area contributed by atoms with Crippen molar-refractivity contribution in [3.63, 3.8) is 0 Å². The second-order valence-corrected chi connectivity index (χ2v) is 9.53. The Morgan fingerprint density at radius 2 is 1.88 bits per heavy atom. The van der Waals surface area contributed by atoms with E-state index in [1.165, 1.54) is 29.4 Å². The third kappa shape index (κ3) is 5.68. The molecule has 8 heteroatoms. The molecule has 2 N–H and O–H groups in total. The lowest BCUT2D eigenvalue weighted by Gasteiger charge is -2.39. The van der Waals surface area contributed by atoms with Gasteiger partial charge in [-0.15, -0.1) is 0 Å². The van der Waals surface area contributed by atoms with Crippen LogP contribution in [0.3, 0.4) is 0 Å². The Bertz CT molecular complexity index is 1030. The highest BCUT2D eigenvalue weighted by molar-refractivity contribution is 5.80. The Morgan fingerprint density at radius 3 is 2.55 bits per heavy atom. The van der Waals surface area contributed by atoms with Gasteiger partial charge in [-0.3, -0.25) is 14.2 Å². The van der Waals surface area contributed by atoms with Crippen LogP contribution in [0.4, 0.5) is 4.39 Å². The fraction of sp³-hybridized carbons (Fsp3) is 0.560. The van der Waals surface area contributed by atoms with Crippen LogP contribution in [-0.2, 0) is 11.3 Å². The molecule has 4 rings (SSSR count). The Labute approximate surface area is 192 Å². The number of carbonyl (C=O) groups is 1. The number of hydrogen-bond acceptors (Lipinski definition) is 5. The summed E-state index contributed by atoms with van der Waals surface area (Å²) in [5.74, 6) is -0.315. The summed E-state index contributed by atoms with van der Waals surface area (Å²) >= 11 is 0. The molecule has 1 saturated heterocycles. The zero-order chi connectivity index (χ0) is 23.4. The molecular formula is C25H32FN3O4. The second-order valence-electron chi connectivity index (χ2n) is 9.53. The smallest absolute Gasteiger partial charge is 0.253 e. The third-order valence-corrected chi connectivity index (χ3v) is 7.07. The standard InChI is InChI=1S/C25H32FN3O4/c26-20-9-5-4-8-19(20)21-15-23(31)29(17-27-21)16-25(33)10-12-28(13-11-25)24(32)22(30)14-18-6-2-1-3-7-18/h4-5,8-9,15,17-18,22,30,33H,1-3,6-7,10-14,16H2. The molecule has 0 bridgehead atoms. The zero-order valence-electron chi connectivity index (χ0n) is 18.8. The Kier molecular flexibility index (Phi) is 7.24. The van der Waals surface area contributed by atoms with Crippen LogP contribution in [0.15, 0.2) is 41.5 Å². The lowest BCUT2D eigenvalue weighted by Crippen LogP contribution is -2.51. The molecule has 33 heavy (non-hydrogen) atoms. The minimum Gasteiger partial charge on any atom is -0.388 e. The number of piperidine rings is 1. The van der Waals surface area contributed by atoms with Gasteiger partial charge in [0.1, 0.15) is 11.9 Å². The van der Waals surface area contributed by atoms with Crippen LogP contribution in [0.2, 0.25) is 0 Å². The van der Waals surface area contributed by atoms with Crippen molar-refractivity contribution in [3.8, 4) is 11.3 Å². The summed E-state index contributed by atoms with van der Waals surface area (Å²) in [7, 11) is 0. The molecule has 1 atom stereocenters. The molecule has 1 aliphatic carbocycles. The normalized spacial score (nSPS) is 19.9. The number of halogens is 1. The SMILES string of the molecule is O=C(C(O)CC1CCCCC1)N1CCC(O)(Cn2cnc(-c3ccccc3F)cc2=O)CC1. The highest BCUT2D eigenvalue weighted by Crippen LogP contribution is 2.29. The van der Waals surface area contributed by atoms with E-state index >= 15 is 0 Å². The molecule has 1 aromatic heterocycles. The molecular weight excluding hydrogens is 425 g/mol. The van der Waals surface area contributed by atoms with Crippen molar-refractivity contribution < 1.29 is 19.4 Å². The van der Waals surface area contributed by atoms with Gasteiger partial charge >= 0.3 is 0 Å². The maximum atomic E-state index is 14.0. The molecule has 2 aliphatic rings. The lowest BCUT2D eigenvalue weighted by molar-refractivity contribution is -0.145. The molecule has 2 fully saturated rings. The summed E-state index contributed by atoms with van der Waals surface area (Å²) in [6.07, 6.45) is 7.16. The van der Waals surface area contributed by atoms with Crippen molar-refractivity contribution >= 4 is 5.91 Å². The van der Waals surface area contributed by atoms with Crippen molar-refractivity contribution in [1.82, 2.24) is 14.5 Å². The number of aliphatic hydroxyl groups excluding tert-OH is 1. The molecule has 1 unspecified atom stereocenters. The second kappa shape index (κ2) is 10.1. The van der Waals surface area contributed by atoms with E-state index in [9.17, 15) is 24.2 Å². The summed E-state index contributed by atoms with van der Waals surface area (Å²) < 4.78 is 15.3. The molecule has 1 aliphatic heterocycles. The summed E-state index contributed by atoms with van der Waals surface area (Å²) in [6.45, 7) is 0.697. The maximum absolute atomic E-state index is 14.0. The summed E-state index contributed by atoms with van der Waals surface area (Å²) in [5, 5.41) is 21.5. The van der Waals surface area contributed by atoms with E-state index in [4.69, 9.17) is 0 Å². The van der Waals surface area contributed by atoms with Crippen molar-refractivity contribution in [2.75, 3.05) is 13.1 Å². The number of hydrogen-bond donors (Lipinski definition) is 2. The van der Waals surface area contributed by atoms with Crippen LogP contribution in [0.1, 0.15) is 51.4 Å². The summed E-state index contributed by atoms with van der Waals surface area (Å²) in [4.78, 5) is 31.1. The minimum atomic E-state index is -1.16. The van der Waals surface area contributed by atoms with E-state index in [0.717, 1.165) is 25.7 Å². The van der Waals surface area contributed by atoms with E-state index < -0.39 is 17.5 Å². The van der Waals surface area contributed by atoms with Crippen LogP contribution in [0, 0.1) is 11.7 Å². The Balaban J connectivity index is 1.34. The average Bonchev–Trinajstić information content (AvgIpc) is 2.81. The van der Waals surface area contributed by atoms with Gasteiger partial charge in [-0.2, -0.15) is 0 Å². The molecule has 178 valence electrons. The number of amides is 1. The first kappa shape index (κ1) is 23.6. The van der Waals surface area contributed by atoms with Crippen molar-refractivity contribution in [3.05, 3.63) is 52.8 Å². The van der Waals surface area contributed by atoms with Gasteiger partial charge in [-0.1, -0.05) is 44.2 Å². The highest BCUT2D eigenvalue weighted by Gasteiger charge is 2.36. The largest absolute Gasteiger partial charge is 0.388 e. The molecule has 1 aromatic carbocycles. The number of aromatic nitrogens is 2. The van der Waals surface area contributed by atoms with E-state index in [0.29, 0.717) is 38.3 Å². The van der Waals surface area contributed by atoms with Crippen LogP contribution in [-0.4, -0.2) is 55.4 Å². The number of benzene rings is 1. The van der Waals surface area contributed by atoms with Gasteiger partial charge in [0, 0.05) is 24.7 Å². The van der Waals surface area contributed by atoms with Crippen molar-refractivity contribution in [1.29, 1.82) is 0 Å². The van der Waals surface area contributed by atoms with Gasteiger partial charge in [0.05, 0.1) is 24.2 Å². The topological polar surface area (TPSA) is 95.7 Å². The van der Waals surface area contributed by atoms with Crippen LogP contribution < -0.4 is 5.56 Å². The summed E-state index contributed by atoms with van der Waals surface area (Å²) in [6, 6.07) is 7.38. The van der Waals surface area contributed by atoms with E-state index in [-0.39, 0.29) is 29.3 Å². The van der Waals surface area contributed by atoms with Crippen LogP contribution in [0.25, 0.3) is 11.3 Å². The first-order valence-electron chi connectivity index (χ1n) is 11.9. The molecule has 0 spiro atoms.